The van der Waals surface area contributed by atoms with Gasteiger partial charge in [0.25, 0.3) is 0 Å². The molecule has 4 aromatic rings. The summed E-state index contributed by atoms with van der Waals surface area (Å²) >= 11 is 0. The van der Waals surface area contributed by atoms with E-state index in [0.717, 1.165) is 71.6 Å². The Bertz CT molecular complexity index is 1560. The van der Waals surface area contributed by atoms with E-state index in [9.17, 15) is 4.39 Å². The smallest absolute Gasteiger partial charge is 0.318 e. The average Bonchev–Trinajstić information content (AvgIpc) is 3.39. The van der Waals surface area contributed by atoms with Crippen molar-refractivity contribution < 1.29 is 9.13 Å². The Labute approximate surface area is 233 Å². The molecule has 0 N–H and O–H groups in total. The average molecular weight is 540 g/mol. The summed E-state index contributed by atoms with van der Waals surface area (Å²) in [5, 5.41) is 1.13. The van der Waals surface area contributed by atoms with Gasteiger partial charge < -0.3 is 19.4 Å². The lowest BCUT2D eigenvalue weighted by Crippen LogP contribution is -2.41. The Balaban J connectivity index is 1.26. The molecule has 0 unspecified atom stereocenters. The highest BCUT2D eigenvalue weighted by Gasteiger charge is 2.32. The molecule has 9 heteroatoms. The van der Waals surface area contributed by atoms with Gasteiger partial charge >= 0.3 is 6.01 Å². The number of nitrogens with zero attached hydrogens (tertiary/aromatic N) is 7. The highest BCUT2D eigenvalue weighted by molar-refractivity contribution is 5.91. The Kier molecular flexibility index (Phi) is 6.46. The monoisotopic (exact) mass is 539 g/mol. The number of hydrogen-bond donors (Lipinski definition) is 0. The first-order valence-electron chi connectivity index (χ1n) is 14.2. The maximum atomic E-state index is 14.8. The number of pyridine rings is 2. The van der Waals surface area contributed by atoms with Crippen LogP contribution in [0, 0.1) is 5.82 Å². The predicted octanol–water partition coefficient (Wildman–Crippen LogP) is 4.55. The van der Waals surface area contributed by atoms with E-state index in [1.54, 1.807) is 6.20 Å². The zero-order valence-corrected chi connectivity index (χ0v) is 23.1. The number of fused-ring (bicyclic) bond motifs is 3. The molecular weight excluding hydrogens is 505 g/mol. The van der Waals surface area contributed by atoms with Gasteiger partial charge in [-0.1, -0.05) is 6.07 Å². The zero-order chi connectivity index (χ0) is 27.2. The molecule has 3 aliphatic rings. The highest BCUT2D eigenvalue weighted by Crippen LogP contribution is 2.37. The van der Waals surface area contributed by atoms with Crippen LogP contribution in [0.3, 0.4) is 0 Å². The van der Waals surface area contributed by atoms with E-state index in [-0.39, 0.29) is 11.9 Å². The Morgan fingerprint density at radius 3 is 2.85 bits per heavy atom. The lowest BCUT2D eigenvalue weighted by Gasteiger charge is -2.39. The van der Waals surface area contributed by atoms with Crippen LogP contribution in [0.15, 0.2) is 48.9 Å². The Morgan fingerprint density at radius 2 is 1.98 bits per heavy atom. The highest BCUT2D eigenvalue weighted by atomic mass is 19.1. The summed E-state index contributed by atoms with van der Waals surface area (Å²) in [6.07, 6.45) is 8.75. The number of ether oxygens (including phenoxy) is 1. The summed E-state index contributed by atoms with van der Waals surface area (Å²) in [7, 11) is 2.15. The number of hydrogen-bond acceptors (Lipinski definition) is 8. The molecule has 1 fully saturated rings. The molecule has 7 rings (SSSR count). The third-order valence-electron chi connectivity index (χ3n) is 8.80. The lowest BCUT2D eigenvalue weighted by atomic mass is 9.95. The quantitative estimate of drug-likeness (QED) is 0.366. The molecule has 206 valence electrons. The molecule has 6 heterocycles. The van der Waals surface area contributed by atoms with Gasteiger partial charge in [-0.15, -0.1) is 0 Å². The SMILES string of the molecule is C[C@H]1Cc2cncc(F)c2CN1c1nc(OC[C@@H]2CCCN2C)nc2c1CCN(c1cccc3ncccc13)C2. The van der Waals surface area contributed by atoms with Crippen molar-refractivity contribution in [2.45, 2.75) is 57.8 Å². The minimum absolute atomic E-state index is 0.145. The van der Waals surface area contributed by atoms with Crippen LogP contribution in [0.25, 0.3) is 10.9 Å². The van der Waals surface area contributed by atoms with E-state index in [0.29, 0.717) is 37.3 Å². The summed E-state index contributed by atoms with van der Waals surface area (Å²) in [5.74, 6) is 0.613. The molecular formula is C31H34FN7O. The van der Waals surface area contributed by atoms with E-state index in [4.69, 9.17) is 14.7 Å². The first-order valence-corrected chi connectivity index (χ1v) is 14.2. The fourth-order valence-corrected chi connectivity index (χ4v) is 6.51. The Morgan fingerprint density at radius 1 is 1.05 bits per heavy atom. The predicted molar refractivity (Wildman–Crippen MR) is 153 cm³/mol. The third-order valence-corrected chi connectivity index (χ3v) is 8.80. The minimum atomic E-state index is -0.256. The number of anilines is 2. The van der Waals surface area contributed by atoms with Gasteiger partial charge in [0.15, 0.2) is 0 Å². The largest absolute Gasteiger partial charge is 0.462 e. The van der Waals surface area contributed by atoms with Gasteiger partial charge in [-0.25, -0.2) is 4.39 Å². The molecule has 0 radical (unpaired) electrons. The lowest BCUT2D eigenvalue weighted by molar-refractivity contribution is 0.187. The number of likely N-dealkylation sites (N-methyl/N-ethyl adjacent to an activating group) is 1. The first-order chi connectivity index (χ1) is 19.5. The molecule has 0 spiro atoms. The molecule has 8 nitrogen and oxygen atoms in total. The molecule has 0 aliphatic carbocycles. The molecule has 3 aromatic heterocycles. The van der Waals surface area contributed by atoms with Gasteiger partial charge in [-0.3, -0.25) is 9.97 Å². The van der Waals surface area contributed by atoms with Crippen LogP contribution in [0.2, 0.25) is 0 Å². The molecule has 1 aromatic carbocycles. The van der Waals surface area contributed by atoms with Crippen molar-refractivity contribution in [3.8, 4) is 6.01 Å². The van der Waals surface area contributed by atoms with Gasteiger partial charge in [-0.2, -0.15) is 9.97 Å². The maximum absolute atomic E-state index is 14.8. The summed E-state index contributed by atoms with van der Waals surface area (Å²) in [6.45, 7) is 5.76. The number of halogens is 1. The topological polar surface area (TPSA) is 70.5 Å². The molecule has 2 atom stereocenters. The number of benzene rings is 1. The maximum Gasteiger partial charge on any atom is 0.318 e. The van der Waals surface area contributed by atoms with Crippen LogP contribution in [0.4, 0.5) is 15.9 Å². The summed E-state index contributed by atoms with van der Waals surface area (Å²) in [4.78, 5) is 25.6. The first kappa shape index (κ1) is 25.1. The molecule has 0 amide bonds. The third kappa shape index (κ3) is 4.52. The van der Waals surface area contributed by atoms with Crippen molar-refractivity contribution in [2.24, 2.45) is 0 Å². The fraction of sp³-hybridized carbons (Fsp3) is 0.419. The normalized spacial score (nSPS) is 21.0. The Hall–Kier alpha value is -3.85. The van der Waals surface area contributed by atoms with Gasteiger partial charge in [0.05, 0.1) is 24.0 Å². The van der Waals surface area contributed by atoms with Gasteiger partial charge in [0.1, 0.15) is 18.2 Å². The number of aromatic nitrogens is 4. The van der Waals surface area contributed by atoms with Crippen molar-refractivity contribution >= 4 is 22.4 Å². The second-order valence-corrected chi connectivity index (χ2v) is 11.3. The van der Waals surface area contributed by atoms with Gasteiger partial charge in [-0.05, 0) is 76.0 Å². The van der Waals surface area contributed by atoms with E-state index in [1.165, 1.54) is 12.6 Å². The molecule has 3 aliphatic heterocycles. The zero-order valence-electron chi connectivity index (χ0n) is 23.1. The number of likely N-dealkylation sites (tertiary alicyclic amines) is 1. The van der Waals surface area contributed by atoms with E-state index >= 15 is 0 Å². The van der Waals surface area contributed by atoms with Gasteiger partial charge in [0.2, 0.25) is 0 Å². The van der Waals surface area contributed by atoms with Crippen LogP contribution < -0.4 is 14.5 Å². The van der Waals surface area contributed by atoms with Crippen molar-refractivity contribution in [1.29, 1.82) is 0 Å². The van der Waals surface area contributed by atoms with Crippen LogP contribution >= 0.6 is 0 Å². The standard InChI is InChI=1S/C31H34FN7O/c1-20-14-21-15-33-16-26(32)25(21)17-39(20)30-24-10-13-38(29-9-3-8-27-23(29)7-4-11-34-27)18-28(24)35-31(36-30)40-19-22-6-5-12-37(22)2/h3-4,7-9,11,15-16,20,22H,5-6,10,12-14,17-19H2,1-2H3/t20-,22-/m0/s1. The minimum Gasteiger partial charge on any atom is -0.462 e. The van der Waals surface area contributed by atoms with Crippen LogP contribution in [-0.4, -0.2) is 63.7 Å². The molecule has 0 bridgehead atoms. The van der Waals surface area contributed by atoms with E-state index < -0.39 is 0 Å². The van der Waals surface area contributed by atoms with Crippen molar-refractivity contribution in [3.05, 3.63) is 77.1 Å². The number of rotatable bonds is 5. The molecule has 1 saturated heterocycles. The summed E-state index contributed by atoms with van der Waals surface area (Å²) in [6, 6.07) is 11.3. The van der Waals surface area contributed by atoms with Crippen LogP contribution in [0.1, 0.15) is 42.1 Å². The summed E-state index contributed by atoms with van der Waals surface area (Å²) in [5.41, 5.74) is 5.92. The second kappa shape index (κ2) is 10.3. The van der Waals surface area contributed by atoms with Crippen molar-refractivity contribution in [2.75, 3.05) is 36.5 Å². The van der Waals surface area contributed by atoms with Crippen LogP contribution in [0.5, 0.6) is 6.01 Å². The fourth-order valence-electron chi connectivity index (χ4n) is 6.51. The van der Waals surface area contributed by atoms with Crippen molar-refractivity contribution in [1.82, 2.24) is 24.8 Å². The molecule has 40 heavy (non-hydrogen) atoms. The van der Waals surface area contributed by atoms with Crippen LogP contribution in [-0.2, 0) is 25.9 Å². The van der Waals surface area contributed by atoms with E-state index in [1.807, 2.05) is 18.3 Å². The molecule has 0 saturated carbocycles. The van der Waals surface area contributed by atoms with Crippen molar-refractivity contribution in [3.63, 3.8) is 0 Å². The van der Waals surface area contributed by atoms with E-state index in [2.05, 4.69) is 56.8 Å². The second-order valence-electron chi connectivity index (χ2n) is 11.3. The van der Waals surface area contributed by atoms with Gasteiger partial charge in [0, 0.05) is 59.8 Å². The summed E-state index contributed by atoms with van der Waals surface area (Å²) < 4.78 is 21.1.